The molecule has 1 amide bonds. The van der Waals surface area contributed by atoms with Crippen molar-refractivity contribution >= 4 is 37.0 Å². The number of allylic oxidation sites excluding steroid dienone is 6. The first-order chi connectivity index (χ1) is 31.2. The number of piperidine rings is 1. The average molecular weight is 943 g/mol. The second-order valence-corrected chi connectivity index (χ2v) is 21.8. The molecule has 5 aliphatic rings. The number of carbonyl (C=O) groups is 5. The number of methoxy groups -OCH3 is 3. The van der Waals surface area contributed by atoms with E-state index in [1.807, 2.05) is 51.2 Å². The zero-order valence-electron chi connectivity index (χ0n) is 40.9. The molecule has 4 unspecified atom stereocenters. The Morgan fingerprint density at radius 1 is 0.879 bits per heavy atom. The molecule has 1 aliphatic carbocycles. The van der Waals surface area contributed by atoms with Crippen molar-refractivity contribution in [2.24, 2.45) is 41.4 Å². The van der Waals surface area contributed by atoms with Gasteiger partial charge in [0.1, 0.15) is 42.9 Å². The average Bonchev–Trinajstić information content (AvgIpc) is 3.29. The van der Waals surface area contributed by atoms with Crippen LogP contribution in [0.2, 0.25) is 0 Å². The second kappa shape index (κ2) is 23.9. The Balaban J connectivity index is 1.51. The maximum absolute atomic E-state index is 14.5. The number of rotatable bonds is 6. The van der Waals surface area contributed by atoms with Crippen LogP contribution in [0.25, 0.3) is 0 Å². The number of ether oxygens (including phenoxy) is 5. The molecule has 0 aromatic carbocycles. The molecule has 5 rings (SSSR count). The number of esters is 1. The molecular formula is C51H77NO13P+. The van der Waals surface area contributed by atoms with Crippen molar-refractivity contribution in [2.75, 3.05) is 34.5 Å². The van der Waals surface area contributed by atoms with Crippen LogP contribution in [0.4, 0.5) is 0 Å². The highest BCUT2D eigenvalue weighted by Gasteiger charge is 2.57. The number of amides is 1. The highest BCUT2D eigenvalue weighted by Crippen LogP contribution is 2.47. The molecule has 4 aliphatic heterocycles. The quantitative estimate of drug-likeness (QED) is 0.122. The van der Waals surface area contributed by atoms with E-state index >= 15 is 0 Å². The van der Waals surface area contributed by atoms with Gasteiger partial charge in [-0.1, -0.05) is 68.7 Å². The van der Waals surface area contributed by atoms with E-state index in [0.29, 0.717) is 63.4 Å². The van der Waals surface area contributed by atoms with E-state index in [2.05, 4.69) is 0 Å². The standard InChI is InChI=1S/C51H77NO13P/c1-29-15-12-11-13-16-30(2)40(61-7)27-36-20-18-34(6)51(59,65-36)48(56)49(57)52-22-14-17-37-38(25-35-19-21-43(66(10)60)42(26-35)62-8)41(64-50(58)44(37)52)28-39(53)31(3)24-33(5)46(55)47(63-9)45(54)32(4)23-29/h11-13,15-16,24,29,31-32,34-38,40-44,46-47,55,59H,14,17-23,25-28H2,1-10H3/q+1/b13-11+,15-12+,30-16?,33-24+/t29-,31?,32-,34-,35+,36+,37-,38?,40+,41+,42-,43?,44+,46-,47+,51-/m1/s1. The van der Waals surface area contributed by atoms with Gasteiger partial charge in [0.2, 0.25) is 5.79 Å². The predicted octanol–water partition coefficient (Wildman–Crippen LogP) is 6.87. The summed E-state index contributed by atoms with van der Waals surface area (Å²) in [6.07, 6.45) is 11.9. The smallest absolute Gasteiger partial charge is 0.341 e. The fourth-order valence-corrected chi connectivity index (χ4v) is 12.6. The van der Waals surface area contributed by atoms with E-state index in [9.17, 15) is 38.8 Å². The molecule has 3 saturated heterocycles. The number of Topliss-reactive ketones (excluding diaryl/α,β-unsaturated/α-hetero) is 3. The summed E-state index contributed by atoms with van der Waals surface area (Å²) in [4.78, 5) is 72.4. The monoisotopic (exact) mass is 943 g/mol. The van der Waals surface area contributed by atoms with Gasteiger partial charge >= 0.3 is 13.8 Å². The maximum Gasteiger partial charge on any atom is 0.341 e. The molecule has 0 aromatic rings. The van der Waals surface area contributed by atoms with E-state index < -0.39 is 91.5 Å². The molecule has 4 bridgehead atoms. The molecule has 4 heterocycles. The third-order valence-electron chi connectivity index (χ3n) is 15.4. The van der Waals surface area contributed by atoms with Crippen molar-refractivity contribution in [1.82, 2.24) is 4.90 Å². The number of hydrogen-bond acceptors (Lipinski definition) is 13. The molecule has 14 nitrogen and oxygen atoms in total. The van der Waals surface area contributed by atoms with Crippen LogP contribution >= 0.6 is 7.80 Å². The molecule has 66 heavy (non-hydrogen) atoms. The molecule has 17 atom stereocenters. The number of carbonyl (C=O) groups excluding carboxylic acids is 5. The molecule has 1 saturated carbocycles. The van der Waals surface area contributed by atoms with Crippen molar-refractivity contribution < 1.29 is 62.4 Å². The summed E-state index contributed by atoms with van der Waals surface area (Å²) in [5, 5.41) is 23.5. The Hall–Kier alpha value is -3.23. The predicted molar refractivity (Wildman–Crippen MR) is 250 cm³/mol. The molecule has 15 heteroatoms. The zero-order chi connectivity index (χ0) is 48.6. The fourth-order valence-electron chi connectivity index (χ4n) is 11.3. The first-order valence-corrected chi connectivity index (χ1v) is 25.9. The zero-order valence-corrected chi connectivity index (χ0v) is 41.8. The van der Waals surface area contributed by atoms with Gasteiger partial charge in [0.25, 0.3) is 11.7 Å². The number of aliphatic hydroxyl groups excluding tert-OH is 1. The molecule has 368 valence electrons. The Kier molecular flexibility index (Phi) is 19.4. The molecule has 0 spiro atoms. The minimum absolute atomic E-state index is 0.0209. The summed E-state index contributed by atoms with van der Waals surface area (Å²) in [5.41, 5.74) is 1.19. The molecule has 2 N–H and O–H groups in total. The van der Waals surface area contributed by atoms with E-state index in [4.69, 9.17) is 23.7 Å². The van der Waals surface area contributed by atoms with Crippen LogP contribution in [0.5, 0.6) is 0 Å². The summed E-state index contributed by atoms with van der Waals surface area (Å²) in [6, 6.07) is -1.13. The number of nitrogens with zero attached hydrogens (tertiary/aromatic N) is 1. The molecule has 4 fully saturated rings. The van der Waals surface area contributed by atoms with Crippen molar-refractivity contribution in [3.05, 3.63) is 47.6 Å². The van der Waals surface area contributed by atoms with E-state index in [1.54, 1.807) is 47.7 Å². The van der Waals surface area contributed by atoms with Gasteiger partial charge in [0.15, 0.2) is 11.4 Å². The highest BCUT2D eigenvalue weighted by atomic mass is 31.1. The van der Waals surface area contributed by atoms with Gasteiger partial charge in [-0.3, -0.25) is 19.2 Å². The van der Waals surface area contributed by atoms with Gasteiger partial charge in [-0.05, 0) is 101 Å². The summed E-state index contributed by atoms with van der Waals surface area (Å²) in [6.45, 7) is 12.6. The normalized spacial score (nSPS) is 41.6. The third kappa shape index (κ3) is 12.5. The second-order valence-electron chi connectivity index (χ2n) is 20.1. The third-order valence-corrected chi connectivity index (χ3v) is 16.9. The first-order valence-electron chi connectivity index (χ1n) is 24.1. The van der Waals surface area contributed by atoms with Crippen LogP contribution in [-0.2, 0) is 52.2 Å². The Morgan fingerprint density at radius 3 is 2.27 bits per heavy atom. The lowest BCUT2D eigenvalue weighted by Crippen LogP contribution is -2.65. The van der Waals surface area contributed by atoms with E-state index in [-0.39, 0.29) is 54.0 Å². The fraction of sp³-hybridized carbons (Fsp3) is 0.745. The van der Waals surface area contributed by atoms with Crippen LogP contribution < -0.4 is 0 Å². The van der Waals surface area contributed by atoms with Gasteiger partial charge in [-0.15, -0.1) is 0 Å². The van der Waals surface area contributed by atoms with Gasteiger partial charge in [-0.2, -0.15) is 0 Å². The van der Waals surface area contributed by atoms with Crippen LogP contribution in [0.1, 0.15) is 112 Å². The van der Waals surface area contributed by atoms with Crippen LogP contribution in [0, 0.1) is 41.4 Å². The van der Waals surface area contributed by atoms with Crippen molar-refractivity contribution in [2.45, 2.75) is 166 Å². The van der Waals surface area contributed by atoms with Gasteiger partial charge in [-0.25, -0.2) is 4.79 Å². The van der Waals surface area contributed by atoms with Gasteiger partial charge < -0.3 is 38.8 Å². The lowest BCUT2D eigenvalue weighted by Gasteiger charge is -2.50. The summed E-state index contributed by atoms with van der Waals surface area (Å²) < 4.78 is 42.4. The van der Waals surface area contributed by atoms with Crippen LogP contribution in [0.3, 0.4) is 0 Å². The molecule has 0 radical (unpaired) electrons. The van der Waals surface area contributed by atoms with E-state index in [1.165, 1.54) is 12.0 Å². The Morgan fingerprint density at radius 2 is 1.61 bits per heavy atom. The van der Waals surface area contributed by atoms with Crippen molar-refractivity contribution in [3.8, 4) is 0 Å². The summed E-state index contributed by atoms with van der Waals surface area (Å²) in [7, 11) is 3.10. The van der Waals surface area contributed by atoms with E-state index in [0.717, 1.165) is 12.0 Å². The van der Waals surface area contributed by atoms with Gasteiger partial charge in [0.05, 0.1) is 12.2 Å². The molecular weight excluding hydrogens is 866 g/mol. The van der Waals surface area contributed by atoms with Crippen LogP contribution in [0.15, 0.2) is 47.6 Å². The Bertz CT molecular complexity index is 1890. The topological polar surface area (TPSA) is 192 Å². The minimum atomic E-state index is -2.44. The lowest BCUT2D eigenvalue weighted by molar-refractivity contribution is -0.266. The molecule has 0 aromatic heterocycles. The largest absolute Gasteiger partial charge is 0.460 e. The lowest BCUT2D eigenvalue weighted by atomic mass is 9.68. The number of hydrogen-bond donors (Lipinski definition) is 2. The summed E-state index contributed by atoms with van der Waals surface area (Å²) in [5.74, 6) is -8.42. The van der Waals surface area contributed by atoms with Crippen LogP contribution in [-0.4, -0.2) is 133 Å². The van der Waals surface area contributed by atoms with Crippen molar-refractivity contribution in [1.29, 1.82) is 0 Å². The maximum atomic E-state index is 14.5. The first kappa shape index (κ1) is 53.7. The SMILES string of the molecule is CO[C@H]1C[C@@H]2CC[C@@H](C)[C@@](O)(O2)C(=O)C(=O)N2CCC[C@@H]3C(C[C@@H]4CCC([P+](C)=O)[C@H](OC)C4)[C@H](CC(=O)C(C)/C=C(\C)[C@@H](O)[C@@H](OC)C(=O)[C@H](C)C[C@H](C)/C=C/C=C/C=C1C)OC(=O)[C@H]32. The number of ketones is 3. The van der Waals surface area contributed by atoms with Crippen molar-refractivity contribution in [3.63, 3.8) is 0 Å². The highest BCUT2D eigenvalue weighted by molar-refractivity contribution is 7.44. The Labute approximate surface area is 393 Å². The minimum Gasteiger partial charge on any atom is -0.460 e. The van der Waals surface area contributed by atoms with Gasteiger partial charge in [0, 0.05) is 64.4 Å². The number of aliphatic hydroxyl groups is 2. The number of fused-ring (bicyclic) bond motifs is 4. The summed E-state index contributed by atoms with van der Waals surface area (Å²) >= 11 is 0.